The molecule has 164 valence electrons. The van der Waals surface area contributed by atoms with Crippen molar-refractivity contribution in [2.45, 2.75) is 13.8 Å². The van der Waals surface area contributed by atoms with Crippen molar-refractivity contribution < 1.29 is 23.9 Å². The molecule has 2 aromatic rings. The number of benzene rings is 2. The molecule has 0 saturated carbocycles. The van der Waals surface area contributed by atoms with Crippen molar-refractivity contribution >= 4 is 41.2 Å². The van der Waals surface area contributed by atoms with Crippen LogP contribution in [0, 0.1) is 6.92 Å². The lowest BCUT2D eigenvalue weighted by atomic mass is 10.2. The molecule has 10 heteroatoms. The van der Waals surface area contributed by atoms with Gasteiger partial charge < -0.3 is 20.1 Å². The van der Waals surface area contributed by atoms with E-state index in [0.717, 1.165) is 5.56 Å². The highest BCUT2D eigenvalue weighted by Crippen LogP contribution is 2.28. The summed E-state index contributed by atoms with van der Waals surface area (Å²) in [6.45, 7) is 3.61. The number of hydrogen-bond donors (Lipinski definition) is 3. The first-order chi connectivity index (χ1) is 14.8. The zero-order valence-electron chi connectivity index (χ0n) is 17.3. The largest absolute Gasteiger partial charge is 0.493 e. The van der Waals surface area contributed by atoms with Crippen molar-refractivity contribution in [1.82, 2.24) is 10.7 Å². The summed E-state index contributed by atoms with van der Waals surface area (Å²) in [4.78, 5) is 35.0. The average molecular weight is 447 g/mol. The van der Waals surface area contributed by atoms with Gasteiger partial charge in [0.2, 0.25) is 0 Å². The van der Waals surface area contributed by atoms with Crippen molar-refractivity contribution in [2.75, 3.05) is 25.6 Å². The Kier molecular flexibility index (Phi) is 8.83. The molecule has 0 aliphatic heterocycles. The number of likely N-dealkylation sites (N-methyl/N-ethyl adjacent to an activating group) is 1. The minimum Gasteiger partial charge on any atom is -0.493 e. The van der Waals surface area contributed by atoms with Crippen molar-refractivity contribution in [3.8, 4) is 11.5 Å². The molecule has 31 heavy (non-hydrogen) atoms. The third-order valence-electron chi connectivity index (χ3n) is 4.01. The highest BCUT2D eigenvalue weighted by Gasteiger charge is 2.12. The maximum atomic E-state index is 12.2. The quantitative estimate of drug-likeness (QED) is 0.326. The summed E-state index contributed by atoms with van der Waals surface area (Å²) < 4.78 is 10.8. The highest BCUT2D eigenvalue weighted by molar-refractivity contribution is 6.35. The van der Waals surface area contributed by atoms with Gasteiger partial charge in [0, 0.05) is 17.3 Å². The van der Waals surface area contributed by atoms with Crippen LogP contribution >= 0.6 is 11.6 Å². The van der Waals surface area contributed by atoms with Crippen LogP contribution in [0.1, 0.15) is 18.1 Å². The second-order valence-electron chi connectivity index (χ2n) is 6.22. The van der Waals surface area contributed by atoms with E-state index in [4.69, 9.17) is 21.1 Å². The molecule has 0 bridgehead atoms. The van der Waals surface area contributed by atoms with Gasteiger partial charge in [0.05, 0.1) is 13.3 Å². The molecule has 0 aliphatic carbocycles. The molecule has 3 amide bonds. The molecule has 0 aliphatic rings. The number of carbonyl (C=O) groups is 3. The van der Waals surface area contributed by atoms with Gasteiger partial charge in [-0.3, -0.25) is 14.4 Å². The van der Waals surface area contributed by atoms with E-state index in [1.807, 2.05) is 0 Å². The van der Waals surface area contributed by atoms with Crippen LogP contribution in [-0.4, -0.2) is 44.2 Å². The van der Waals surface area contributed by atoms with Gasteiger partial charge in [0.25, 0.3) is 5.91 Å². The molecule has 0 aromatic heterocycles. The number of anilines is 1. The number of hydrazone groups is 1. The predicted octanol–water partition coefficient (Wildman–Crippen LogP) is 2.26. The Bertz CT molecular complexity index is 994. The van der Waals surface area contributed by atoms with Gasteiger partial charge >= 0.3 is 11.8 Å². The van der Waals surface area contributed by atoms with Gasteiger partial charge in [-0.15, -0.1) is 0 Å². The van der Waals surface area contributed by atoms with Crippen molar-refractivity contribution in [3.63, 3.8) is 0 Å². The SMILES string of the molecule is CCNC(=O)C(=O)N/N=C\c1ccc(OCC(=O)Nc2cccc(Cl)c2C)c(OC)c1. The van der Waals surface area contributed by atoms with E-state index in [0.29, 0.717) is 34.3 Å². The fourth-order valence-corrected chi connectivity index (χ4v) is 2.59. The summed E-state index contributed by atoms with van der Waals surface area (Å²) >= 11 is 6.05. The first-order valence-corrected chi connectivity index (χ1v) is 9.70. The maximum Gasteiger partial charge on any atom is 0.329 e. The molecule has 0 heterocycles. The number of nitrogens with one attached hydrogen (secondary N) is 3. The molecule has 0 unspecified atom stereocenters. The second-order valence-corrected chi connectivity index (χ2v) is 6.63. The number of ether oxygens (including phenoxy) is 2. The average Bonchev–Trinajstić information content (AvgIpc) is 2.75. The summed E-state index contributed by atoms with van der Waals surface area (Å²) in [5.41, 5.74) is 4.07. The Balaban J connectivity index is 1.96. The van der Waals surface area contributed by atoms with Crippen LogP contribution in [0.5, 0.6) is 11.5 Å². The predicted molar refractivity (Wildman–Crippen MR) is 118 cm³/mol. The molecule has 2 aromatic carbocycles. The van der Waals surface area contributed by atoms with E-state index in [1.54, 1.807) is 50.2 Å². The van der Waals surface area contributed by atoms with Gasteiger partial charge in [-0.1, -0.05) is 17.7 Å². The van der Waals surface area contributed by atoms with Crippen LogP contribution in [0.25, 0.3) is 0 Å². The molecular weight excluding hydrogens is 424 g/mol. The molecule has 0 saturated heterocycles. The minimum absolute atomic E-state index is 0.238. The number of hydrogen-bond acceptors (Lipinski definition) is 6. The van der Waals surface area contributed by atoms with Crippen molar-refractivity contribution in [3.05, 3.63) is 52.5 Å². The molecule has 0 atom stereocenters. The summed E-state index contributed by atoms with van der Waals surface area (Å²) in [5, 5.41) is 9.39. The van der Waals surface area contributed by atoms with E-state index in [-0.39, 0.29) is 12.5 Å². The molecule has 2 rings (SSSR count). The number of amides is 3. The Hall–Kier alpha value is -3.59. The lowest BCUT2D eigenvalue weighted by Gasteiger charge is -2.12. The summed E-state index contributed by atoms with van der Waals surface area (Å²) in [7, 11) is 1.45. The van der Waals surface area contributed by atoms with Gasteiger partial charge in [0.1, 0.15) is 0 Å². The number of rotatable bonds is 8. The molecule has 3 N–H and O–H groups in total. The number of nitrogens with zero attached hydrogens (tertiary/aromatic N) is 1. The molecule has 0 spiro atoms. The standard InChI is InChI=1S/C21H23ClN4O5/c1-4-23-20(28)21(29)26-24-11-14-8-9-17(18(10-14)30-3)31-12-19(27)25-16-7-5-6-15(22)13(16)2/h5-11H,4,12H2,1-3H3,(H,23,28)(H,25,27)(H,26,29)/b24-11-. The number of methoxy groups -OCH3 is 1. The summed E-state index contributed by atoms with van der Waals surface area (Å²) in [6, 6.07) is 10.1. The molecule has 9 nitrogen and oxygen atoms in total. The normalized spacial score (nSPS) is 10.5. The van der Waals surface area contributed by atoms with Crippen LogP contribution < -0.4 is 25.5 Å². The first-order valence-electron chi connectivity index (χ1n) is 9.32. The lowest BCUT2D eigenvalue weighted by Crippen LogP contribution is -2.37. The van der Waals surface area contributed by atoms with Crippen LogP contribution in [0.2, 0.25) is 5.02 Å². The van der Waals surface area contributed by atoms with Gasteiger partial charge in [-0.05, 0) is 55.3 Å². The number of halogens is 1. The van der Waals surface area contributed by atoms with Gasteiger partial charge in [-0.25, -0.2) is 5.43 Å². The van der Waals surface area contributed by atoms with Crippen LogP contribution in [0.3, 0.4) is 0 Å². The van der Waals surface area contributed by atoms with Gasteiger partial charge in [0.15, 0.2) is 18.1 Å². The Morgan fingerprint density at radius 3 is 2.61 bits per heavy atom. The zero-order valence-corrected chi connectivity index (χ0v) is 18.1. The lowest BCUT2D eigenvalue weighted by molar-refractivity contribution is -0.139. The van der Waals surface area contributed by atoms with Crippen molar-refractivity contribution in [2.24, 2.45) is 5.10 Å². The third-order valence-corrected chi connectivity index (χ3v) is 4.42. The Morgan fingerprint density at radius 1 is 1.13 bits per heavy atom. The van der Waals surface area contributed by atoms with E-state index in [9.17, 15) is 14.4 Å². The third kappa shape index (κ3) is 7.00. The maximum absolute atomic E-state index is 12.2. The van der Waals surface area contributed by atoms with E-state index in [2.05, 4.69) is 21.2 Å². The van der Waals surface area contributed by atoms with E-state index < -0.39 is 11.8 Å². The van der Waals surface area contributed by atoms with Gasteiger partial charge in [-0.2, -0.15) is 5.10 Å². The molecule has 0 fully saturated rings. The number of carbonyl (C=O) groups excluding carboxylic acids is 3. The van der Waals surface area contributed by atoms with Crippen LogP contribution in [0.15, 0.2) is 41.5 Å². The summed E-state index contributed by atoms with van der Waals surface area (Å²) in [6.07, 6.45) is 1.35. The Morgan fingerprint density at radius 2 is 1.90 bits per heavy atom. The summed E-state index contributed by atoms with van der Waals surface area (Å²) in [5.74, 6) is -1.28. The fraction of sp³-hybridized carbons (Fsp3) is 0.238. The zero-order chi connectivity index (χ0) is 22.8. The molecule has 0 radical (unpaired) electrons. The highest BCUT2D eigenvalue weighted by atomic mass is 35.5. The Labute approximate surface area is 184 Å². The minimum atomic E-state index is -0.869. The monoisotopic (exact) mass is 446 g/mol. The topological polar surface area (TPSA) is 118 Å². The van der Waals surface area contributed by atoms with E-state index >= 15 is 0 Å². The van der Waals surface area contributed by atoms with E-state index in [1.165, 1.54) is 13.3 Å². The first kappa shape index (κ1) is 23.7. The second kappa shape index (κ2) is 11.6. The van der Waals surface area contributed by atoms with Crippen LogP contribution in [0.4, 0.5) is 5.69 Å². The van der Waals surface area contributed by atoms with Crippen LogP contribution in [-0.2, 0) is 14.4 Å². The fourth-order valence-electron chi connectivity index (χ4n) is 2.41. The molecular formula is C21H23ClN4O5. The smallest absolute Gasteiger partial charge is 0.329 e. The van der Waals surface area contributed by atoms with Crippen molar-refractivity contribution in [1.29, 1.82) is 0 Å².